The molecule has 29 heavy (non-hydrogen) atoms. The van der Waals surface area contributed by atoms with Crippen molar-refractivity contribution in [3.8, 4) is 0 Å². The van der Waals surface area contributed by atoms with E-state index in [1.165, 1.54) is 15.9 Å². The number of ether oxygens (including phenoxy) is 1. The van der Waals surface area contributed by atoms with Crippen molar-refractivity contribution < 1.29 is 4.74 Å². The molecule has 1 aliphatic rings. The highest BCUT2D eigenvalue weighted by Gasteiger charge is 2.37. The van der Waals surface area contributed by atoms with E-state index in [0.717, 1.165) is 34.3 Å². The molecule has 0 aliphatic carbocycles. The molecule has 8 nitrogen and oxygen atoms in total. The van der Waals surface area contributed by atoms with Crippen LogP contribution in [0.3, 0.4) is 0 Å². The Labute approximate surface area is 176 Å². The highest BCUT2D eigenvalue weighted by atomic mass is 32.1. The predicted octanol–water partition coefficient (Wildman–Crippen LogP) is -0.972. The molecule has 0 atom stereocenters. The lowest BCUT2D eigenvalue weighted by Crippen LogP contribution is -2.49. The summed E-state index contributed by atoms with van der Waals surface area (Å²) >= 11 is 1.53. The van der Waals surface area contributed by atoms with Crippen molar-refractivity contribution in [1.29, 1.82) is 0 Å². The monoisotopic (exact) mass is 417 g/mol. The summed E-state index contributed by atoms with van der Waals surface area (Å²) in [6.07, 6.45) is 0. The lowest BCUT2D eigenvalue weighted by Gasteiger charge is -2.36. The highest BCUT2D eigenvalue weighted by Crippen LogP contribution is 2.36. The maximum atomic E-state index is 13.3. The Morgan fingerprint density at radius 1 is 1.34 bits per heavy atom. The summed E-state index contributed by atoms with van der Waals surface area (Å²) in [5.74, 6) is 0.850. The maximum Gasteiger partial charge on any atom is 0.332 e. The van der Waals surface area contributed by atoms with Gasteiger partial charge in [0, 0.05) is 43.5 Å². The second kappa shape index (κ2) is 8.02. The van der Waals surface area contributed by atoms with Gasteiger partial charge in [-0.25, -0.2) is 4.79 Å². The quantitative estimate of drug-likeness (QED) is 0.612. The zero-order valence-electron chi connectivity index (χ0n) is 18.3. The van der Waals surface area contributed by atoms with Gasteiger partial charge in [0.1, 0.15) is 20.5 Å². The van der Waals surface area contributed by atoms with Crippen LogP contribution in [-0.4, -0.2) is 69.5 Å². The fourth-order valence-corrected chi connectivity index (χ4v) is 5.56. The van der Waals surface area contributed by atoms with Crippen LogP contribution in [0, 0.1) is 6.92 Å². The average molecular weight is 417 g/mol. The van der Waals surface area contributed by atoms with E-state index in [4.69, 9.17) is 4.74 Å². The smallest absolute Gasteiger partial charge is 0.332 e. The fraction of sp³-hybridized carbons (Fsp3) is 0.611. The molecule has 11 heteroatoms. The van der Waals surface area contributed by atoms with Crippen molar-refractivity contribution in [2.75, 3.05) is 33.9 Å². The average Bonchev–Trinajstić information content (AvgIpc) is 3.26. The maximum absolute atomic E-state index is 13.3. The number of aliphatic imine (C=N–C) groups is 1. The molecule has 0 radical (unpaired) electrons. The van der Waals surface area contributed by atoms with Gasteiger partial charge in [0.15, 0.2) is 5.96 Å². The summed E-state index contributed by atoms with van der Waals surface area (Å²) in [6.45, 7) is 8.19. The van der Waals surface area contributed by atoms with Crippen molar-refractivity contribution >= 4 is 43.2 Å². The van der Waals surface area contributed by atoms with E-state index in [2.05, 4.69) is 30.9 Å². The minimum Gasteiger partial charge on any atom is -0.383 e. The first-order valence-electron chi connectivity index (χ1n) is 9.92. The van der Waals surface area contributed by atoms with Gasteiger partial charge < -0.3 is 15.0 Å². The van der Waals surface area contributed by atoms with Gasteiger partial charge >= 0.3 is 5.69 Å². The van der Waals surface area contributed by atoms with Crippen LogP contribution in [0.4, 0.5) is 0 Å². The lowest BCUT2D eigenvalue weighted by atomic mass is 9.59. The number of nitrogens with zero attached hydrogens (tertiary/aromatic N) is 4. The molecular weight excluding hydrogens is 388 g/mol. The second-order valence-electron chi connectivity index (χ2n) is 8.12. The van der Waals surface area contributed by atoms with E-state index >= 15 is 0 Å². The molecule has 3 heterocycles. The first kappa shape index (κ1) is 21.7. The highest BCUT2D eigenvalue weighted by molar-refractivity contribution is 7.19. The Hall–Kier alpha value is -2.00. The van der Waals surface area contributed by atoms with Crippen LogP contribution in [0.25, 0.3) is 10.2 Å². The summed E-state index contributed by atoms with van der Waals surface area (Å²) in [4.78, 5) is 34.8. The third-order valence-electron chi connectivity index (χ3n) is 5.59. The van der Waals surface area contributed by atoms with Crippen LogP contribution in [0.1, 0.15) is 30.3 Å². The van der Waals surface area contributed by atoms with Crippen molar-refractivity contribution in [2.24, 2.45) is 4.99 Å². The lowest BCUT2D eigenvalue weighted by molar-refractivity contribution is 0.186. The van der Waals surface area contributed by atoms with Gasteiger partial charge in [-0.3, -0.25) is 18.9 Å². The van der Waals surface area contributed by atoms with E-state index < -0.39 is 0 Å². The van der Waals surface area contributed by atoms with Crippen molar-refractivity contribution in [3.63, 3.8) is 0 Å². The number of methoxy groups -OCH3 is 1. The Kier molecular flexibility index (Phi) is 6.01. The molecular formula is C18H29B2N5O3S. The molecule has 3 rings (SSSR count). The van der Waals surface area contributed by atoms with E-state index in [-0.39, 0.29) is 22.6 Å². The number of aromatic nitrogens is 2. The summed E-state index contributed by atoms with van der Waals surface area (Å²) < 4.78 is 8.26. The summed E-state index contributed by atoms with van der Waals surface area (Å²) in [7, 11) is 7.67. The van der Waals surface area contributed by atoms with Gasteiger partial charge in [-0.15, -0.1) is 11.3 Å². The largest absolute Gasteiger partial charge is 0.383 e. The predicted molar refractivity (Wildman–Crippen MR) is 124 cm³/mol. The third kappa shape index (κ3) is 3.44. The van der Waals surface area contributed by atoms with Gasteiger partial charge in [-0.1, -0.05) is 0 Å². The second-order valence-corrected chi connectivity index (χ2v) is 9.12. The molecule has 1 fully saturated rings. The number of hydrogen-bond donors (Lipinski definition) is 1. The number of guanidine groups is 1. The van der Waals surface area contributed by atoms with Gasteiger partial charge in [0.05, 0.1) is 18.5 Å². The summed E-state index contributed by atoms with van der Waals surface area (Å²) in [5, 5.41) is 3.57. The molecule has 0 unspecified atom stereocenters. The SMILES string of the molecule is BC(B)(c1sc2c(c1C)c(=O)n(C(C)C)c(=O)n2CCOC)N1CCN/C1=N\C. The van der Waals surface area contributed by atoms with Crippen LogP contribution in [0.5, 0.6) is 0 Å². The van der Waals surface area contributed by atoms with E-state index in [0.29, 0.717) is 18.5 Å². The third-order valence-corrected chi connectivity index (χ3v) is 7.22. The molecule has 1 N–H and O–H groups in total. The van der Waals surface area contributed by atoms with Crippen LogP contribution in [0.15, 0.2) is 14.6 Å². The normalized spacial score (nSPS) is 16.3. The van der Waals surface area contributed by atoms with Crippen LogP contribution in [0.2, 0.25) is 0 Å². The van der Waals surface area contributed by atoms with E-state index in [9.17, 15) is 9.59 Å². The van der Waals surface area contributed by atoms with Gasteiger partial charge in [-0.2, -0.15) is 0 Å². The van der Waals surface area contributed by atoms with E-state index in [1.807, 2.05) is 20.8 Å². The minimum atomic E-state index is -0.372. The first-order valence-corrected chi connectivity index (χ1v) is 10.7. The molecule has 0 saturated carbocycles. The minimum absolute atomic E-state index is 0.214. The standard InChI is InChI=1S/C18H29B2N5O3S/c1-10(2)25-14(26)12-11(3)13(18(19,20)24-7-6-22-16(24)21-4)29-15(12)23(17(25)27)8-9-28-5/h10H,6-9,19-20H2,1-5H3,(H,21,22). The first-order chi connectivity index (χ1) is 13.7. The number of thiophene rings is 1. The number of fused-ring (bicyclic) bond motifs is 1. The van der Waals surface area contributed by atoms with Crippen LogP contribution >= 0.6 is 11.3 Å². The number of rotatable bonds is 6. The molecule has 0 amide bonds. The molecule has 156 valence electrons. The van der Waals surface area contributed by atoms with E-state index in [1.54, 1.807) is 18.7 Å². The van der Waals surface area contributed by atoms with Crippen LogP contribution < -0.4 is 16.6 Å². The van der Waals surface area contributed by atoms with Gasteiger partial charge in [-0.05, 0) is 26.3 Å². The number of hydrogen-bond acceptors (Lipinski definition) is 5. The zero-order valence-corrected chi connectivity index (χ0v) is 19.1. The van der Waals surface area contributed by atoms with Crippen molar-refractivity contribution in [2.45, 2.75) is 38.7 Å². The number of nitrogens with one attached hydrogen (secondary N) is 1. The van der Waals surface area contributed by atoms with Gasteiger partial charge in [0.2, 0.25) is 0 Å². The zero-order chi connectivity index (χ0) is 21.5. The topological polar surface area (TPSA) is 80.9 Å². The Morgan fingerprint density at radius 3 is 2.62 bits per heavy atom. The molecule has 1 saturated heterocycles. The molecule has 1 aliphatic heterocycles. The molecule has 0 spiro atoms. The molecule has 2 aromatic rings. The molecule has 2 aromatic heterocycles. The Morgan fingerprint density at radius 2 is 2.03 bits per heavy atom. The molecule has 0 bridgehead atoms. The summed E-state index contributed by atoms with van der Waals surface area (Å²) in [6, 6.07) is -0.217. The number of aryl methyl sites for hydroxylation is 1. The van der Waals surface area contributed by atoms with Crippen molar-refractivity contribution in [1.82, 2.24) is 19.4 Å². The fourth-order valence-electron chi connectivity index (χ4n) is 4.13. The Bertz CT molecular complexity index is 1070. The molecule has 0 aromatic carbocycles. The van der Waals surface area contributed by atoms with Crippen molar-refractivity contribution in [3.05, 3.63) is 31.3 Å². The summed E-state index contributed by atoms with van der Waals surface area (Å²) in [5.41, 5.74) is 0.440. The van der Waals surface area contributed by atoms with Gasteiger partial charge in [0.25, 0.3) is 5.56 Å². The Balaban J connectivity index is 2.32. The van der Waals surface area contributed by atoms with Crippen LogP contribution in [-0.2, 0) is 16.6 Å².